The fourth-order valence-electron chi connectivity index (χ4n) is 3.31. The van der Waals surface area contributed by atoms with Crippen molar-refractivity contribution in [3.63, 3.8) is 0 Å². The molecule has 2 rings (SSSR count). The lowest BCUT2D eigenvalue weighted by molar-refractivity contribution is 0.136. The van der Waals surface area contributed by atoms with Gasteiger partial charge in [0.1, 0.15) is 0 Å². The van der Waals surface area contributed by atoms with Gasteiger partial charge >= 0.3 is 0 Å². The van der Waals surface area contributed by atoms with E-state index in [1.807, 2.05) is 0 Å². The molecule has 2 aliphatic rings. The van der Waals surface area contributed by atoms with E-state index in [4.69, 9.17) is 0 Å². The van der Waals surface area contributed by atoms with Gasteiger partial charge in [-0.05, 0) is 63.4 Å². The lowest BCUT2D eigenvalue weighted by atomic mass is 9.82. The minimum absolute atomic E-state index is 0.525. The van der Waals surface area contributed by atoms with Crippen LogP contribution < -0.4 is 5.32 Å². The summed E-state index contributed by atoms with van der Waals surface area (Å²) in [6.45, 7) is 8.87. The fourth-order valence-corrected chi connectivity index (χ4v) is 4.06. The number of nitrogens with one attached hydrogen (secondary N) is 1. The lowest BCUT2D eigenvalue weighted by Gasteiger charge is -2.38. The summed E-state index contributed by atoms with van der Waals surface area (Å²) in [6, 6.07) is 0. The van der Waals surface area contributed by atoms with Gasteiger partial charge in [-0.2, -0.15) is 11.8 Å². The van der Waals surface area contributed by atoms with Crippen molar-refractivity contribution in [3.05, 3.63) is 0 Å². The van der Waals surface area contributed by atoms with E-state index in [2.05, 4.69) is 35.2 Å². The highest BCUT2D eigenvalue weighted by Gasteiger charge is 2.29. The van der Waals surface area contributed by atoms with E-state index in [1.54, 1.807) is 0 Å². The Morgan fingerprint density at radius 1 is 1.29 bits per heavy atom. The summed E-state index contributed by atoms with van der Waals surface area (Å²) in [5.74, 6) is 0. The van der Waals surface area contributed by atoms with E-state index in [0.29, 0.717) is 5.41 Å². The minimum Gasteiger partial charge on any atom is -0.316 e. The highest BCUT2D eigenvalue weighted by atomic mass is 32.2. The molecule has 2 atom stereocenters. The normalized spacial score (nSPS) is 36.7. The molecule has 2 heterocycles. The van der Waals surface area contributed by atoms with E-state index in [0.717, 1.165) is 5.25 Å². The number of hydrogen-bond donors (Lipinski definition) is 1. The molecule has 0 bridgehead atoms. The van der Waals surface area contributed by atoms with Crippen LogP contribution in [0.1, 0.15) is 39.0 Å². The second-order valence-corrected chi connectivity index (χ2v) is 7.29. The van der Waals surface area contributed by atoms with Gasteiger partial charge in [0.15, 0.2) is 0 Å². The molecule has 0 spiro atoms. The molecule has 2 unspecified atom stereocenters. The maximum absolute atomic E-state index is 3.57. The molecule has 2 fully saturated rings. The van der Waals surface area contributed by atoms with Gasteiger partial charge in [0.05, 0.1) is 0 Å². The van der Waals surface area contributed by atoms with Gasteiger partial charge in [-0.3, -0.25) is 0 Å². The molecule has 3 heteroatoms. The average Bonchev–Trinajstić information content (AvgIpc) is 2.55. The quantitative estimate of drug-likeness (QED) is 0.835. The lowest BCUT2D eigenvalue weighted by Crippen LogP contribution is -2.46. The second kappa shape index (κ2) is 6.44. The van der Waals surface area contributed by atoms with E-state index in [1.165, 1.54) is 64.8 Å². The maximum Gasteiger partial charge on any atom is 0.00569 e. The molecule has 0 aromatic heterocycles. The average molecular weight is 256 g/mol. The van der Waals surface area contributed by atoms with Crippen molar-refractivity contribution in [3.8, 4) is 0 Å². The van der Waals surface area contributed by atoms with Crippen molar-refractivity contribution < 1.29 is 0 Å². The topological polar surface area (TPSA) is 15.3 Å². The summed E-state index contributed by atoms with van der Waals surface area (Å²) in [6.07, 6.45) is 9.25. The van der Waals surface area contributed by atoms with Crippen LogP contribution in [0.25, 0.3) is 0 Å². The zero-order chi connectivity index (χ0) is 12.1. The van der Waals surface area contributed by atoms with Gasteiger partial charge in [-0.15, -0.1) is 0 Å². The van der Waals surface area contributed by atoms with Crippen molar-refractivity contribution >= 4 is 11.8 Å². The van der Waals surface area contributed by atoms with Crippen LogP contribution in [0.5, 0.6) is 0 Å². The summed E-state index contributed by atoms with van der Waals surface area (Å²) >= 11 is 2.07. The molecule has 2 aliphatic heterocycles. The number of likely N-dealkylation sites (tertiary alicyclic amines) is 1. The summed E-state index contributed by atoms with van der Waals surface area (Å²) in [5, 5.41) is 4.48. The summed E-state index contributed by atoms with van der Waals surface area (Å²) in [7, 11) is 0. The number of hydrogen-bond acceptors (Lipinski definition) is 3. The van der Waals surface area contributed by atoms with E-state index >= 15 is 0 Å². The van der Waals surface area contributed by atoms with Crippen molar-refractivity contribution in [2.24, 2.45) is 5.41 Å². The largest absolute Gasteiger partial charge is 0.316 e. The predicted octanol–water partition coefficient (Wildman–Crippen LogP) is 2.59. The minimum atomic E-state index is 0.525. The summed E-state index contributed by atoms with van der Waals surface area (Å²) in [4.78, 5) is 2.73. The zero-order valence-corrected chi connectivity index (χ0v) is 12.3. The second-order valence-electron chi connectivity index (χ2n) is 6.16. The monoisotopic (exact) mass is 256 g/mol. The molecule has 2 nitrogen and oxygen atoms in total. The van der Waals surface area contributed by atoms with Crippen LogP contribution in [0.15, 0.2) is 0 Å². The number of rotatable bonds is 3. The Morgan fingerprint density at radius 2 is 2.18 bits per heavy atom. The van der Waals surface area contributed by atoms with Crippen LogP contribution in [-0.2, 0) is 0 Å². The highest BCUT2D eigenvalue weighted by Crippen LogP contribution is 2.28. The molecule has 0 aromatic rings. The summed E-state index contributed by atoms with van der Waals surface area (Å²) in [5.41, 5.74) is 0.525. The van der Waals surface area contributed by atoms with Crippen LogP contribution in [0.4, 0.5) is 0 Å². The zero-order valence-electron chi connectivity index (χ0n) is 11.5. The van der Waals surface area contributed by atoms with Gasteiger partial charge < -0.3 is 10.2 Å². The first-order chi connectivity index (χ1) is 8.22. The van der Waals surface area contributed by atoms with E-state index in [9.17, 15) is 0 Å². The number of piperidine rings is 1. The standard InChI is InChI=1S/C14H28N2S/c1-14(7-4-8-15-11-14)12-16-9-3-5-13(17-2)6-10-16/h13,15H,3-12H2,1-2H3. The molecule has 17 heavy (non-hydrogen) atoms. The van der Waals surface area contributed by atoms with Crippen LogP contribution in [0.2, 0.25) is 0 Å². The molecule has 100 valence electrons. The van der Waals surface area contributed by atoms with Crippen molar-refractivity contribution in [1.82, 2.24) is 10.2 Å². The van der Waals surface area contributed by atoms with Crippen molar-refractivity contribution in [1.29, 1.82) is 0 Å². The van der Waals surface area contributed by atoms with Gasteiger partial charge in [0, 0.05) is 18.3 Å². The molecular formula is C14H28N2S. The first-order valence-corrected chi connectivity index (χ1v) is 8.46. The number of thioether (sulfide) groups is 1. The van der Waals surface area contributed by atoms with E-state index < -0.39 is 0 Å². The predicted molar refractivity (Wildman–Crippen MR) is 77.8 cm³/mol. The van der Waals surface area contributed by atoms with Crippen LogP contribution >= 0.6 is 11.8 Å². The first kappa shape index (κ1) is 13.7. The Kier molecular flexibility index (Phi) is 5.19. The maximum atomic E-state index is 3.57. The molecule has 0 aromatic carbocycles. The third kappa shape index (κ3) is 4.15. The Morgan fingerprint density at radius 3 is 2.88 bits per heavy atom. The van der Waals surface area contributed by atoms with Crippen molar-refractivity contribution in [2.45, 2.75) is 44.3 Å². The highest BCUT2D eigenvalue weighted by molar-refractivity contribution is 7.99. The fraction of sp³-hybridized carbons (Fsp3) is 1.00. The summed E-state index contributed by atoms with van der Waals surface area (Å²) < 4.78 is 0. The van der Waals surface area contributed by atoms with Crippen molar-refractivity contribution in [2.75, 3.05) is 39.0 Å². The smallest absolute Gasteiger partial charge is 0.00569 e. The number of nitrogens with zero attached hydrogens (tertiary/aromatic N) is 1. The third-order valence-corrected chi connectivity index (χ3v) is 5.53. The molecular weight excluding hydrogens is 228 g/mol. The van der Waals surface area contributed by atoms with Gasteiger partial charge in [0.25, 0.3) is 0 Å². The first-order valence-electron chi connectivity index (χ1n) is 7.18. The van der Waals surface area contributed by atoms with Gasteiger partial charge in [0.2, 0.25) is 0 Å². The van der Waals surface area contributed by atoms with Crippen LogP contribution in [0.3, 0.4) is 0 Å². The van der Waals surface area contributed by atoms with E-state index in [-0.39, 0.29) is 0 Å². The Hall–Kier alpha value is 0.270. The van der Waals surface area contributed by atoms with Crippen LogP contribution in [0, 0.1) is 5.41 Å². The van der Waals surface area contributed by atoms with Crippen LogP contribution in [-0.4, -0.2) is 49.1 Å². The third-order valence-electron chi connectivity index (χ3n) is 4.39. The van der Waals surface area contributed by atoms with Gasteiger partial charge in [-0.25, -0.2) is 0 Å². The van der Waals surface area contributed by atoms with Gasteiger partial charge in [-0.1, -0.05) is 6.92 Å². The molecule has 0 amide bonds. The molecule has 0 saturated carbocycles. The molecule has 2 saturated heterocycles. The Balaban J connectivity index is 1.81. The molecule has 0 radical (unpaired) electrons. The molecule has 1 N–H and O–H groups in total. The SMILES string of the molecule is CSC1CCCN(CC2(C)CCCNC2)CC1. The Labute approximate surface area is 111 Å². The molecule has 0 aliphatic carbocycles. The Bertz CT molecular complexity index is 226.